The molecule has 6 nitrogen and oxygen atoms in total. The maximum absolute atomic E-state index is 13.0. The van der Waals surface area contributed by atoms with E-state index in [-0.39, 0.29) is 47.6 Å². The van der Waals surface area contributed by atoms with Gasteiger partial charge in [0.05, 0.1) is 11.8 Å². The first-order valence-corrected chi connectivity index (χ1v) is 10.4. The largest absolute Gasteiger partial charge is 0.462 e. The van der Waals surface area contributed by atoms with Crippen molar-refractivity contribution in [3.8, 4) is 0 Å². The molecule has 2 aromatic rings. The van der Waals surface area contributed by atoms with Gasteiger partial charge in [-0.3, -0.25) is 14.4 Å². The third-order valence-corrected chi connectivity index (χ3v) is 6.66. The Kier molecular flexibility index (Phi) is 4.38. The Bertz CT molecular complexity index is 1040. The molecule has 2 saturated carbocycles. The summed E-state index contributed by atoms with van der Waals surface area (Å²) in [6, 6.07) is 12.8. The summed E-state index contributed by atoms with van der Waals surface area (Å²) < 4.78 is 5.42. The molecular formula is C24H24N2O4. The molecule has 30 heavy (non-hydrogen) atoms. The Balaban J connectivity index is 1.30. The number of ether oxygens (including phenoxy) is 1. The number of amides is 2. The Morgan fingerprint density at radius 1 is 0.967 bits per heavy atom. The quantitative estimate of drug-likeness (QED) is 0.761. The van der Waals surface area contributed by atoms with Crippen LogP contribution >= 0.6 is 0 Å². The number of benzene rings is 2. The van der Waals surface area contributed by atoms with E-state index in [1.165, 1.54) is 0 Å². The summed E-state index contributed by atoms with van der Waals surface area (Å²) in [6.45, 7) is 3.97. The minimum atomic E-state index is -0.339. The van der Waals surface area contributed by atoms with Crippen molar-refractivity contribution < 1.29 is 19.1 Å². The highest BCUT2D eigenvalue weighted by atomic mass is 16.6. The second-order valence-electron chi connectivity index (χ2n) is 8.82. The number of esters is 1. The summed E-state index contributed by atoms with van der Waals surface area (Å²) in [5.74, 6) is -0.888. The SMILES string of the molecule is Cc1cc(C)cc(NC(=O)c2cccc(NC(=O)[C@H]3[C@@H]4C[C@@H]5[C@@H]3C(=O)O[C@@H]5C4)c2)c1. The maximum Gasteiger partial charge on any atom is 0.310 e. The van der Waals surface area contributed by atoms with E-state index in [9.17, 15) is 14.4 Å². The van der Waals surface area contributed by atoms with Gasteiger partial charge < -0.3 is 15.4 Å². The second kappa shape index (κ2) is 6.97. The third kappa shape index (κ3) is 3.16. The van der Waals surface area contributed by atoms with Crippen LogP contribution in [-0.4, -0.2) is 23.9 Å². The summed E-state index contributed by atoms with van der Waals surface area (Å²) in [7, 11) is 0. The zero-order chi connectivity index (χ0) is 21.0. The predicted octanol–water partition coefficient (Wildman–Crippen LogP) is 3.69. The smallest absolute Gasteiger partial charge is 0.310 e. The summed E-state index contributed by atoms with van der Waals surface area (Å²) in [5, 5.41) is 5.83. The molecule has 1 aliphatic heterocycles. The fourth-order valence-electron chi connectivity index (χ4n) is 5.58. The van der Waals surface area contributed by atoms with Crippen LogP contribution < -0.4 is 10.6 Å². The van der Waals surface area contributed by atoms with Crippen molar-refractivity contribution in [2.75, 3.05) is 10.6 Å². The Morgan fingerprint density at radius 3 is 2.50 bits per heavy atom. The van der Waals surface area contributed by atoms with Crippen molar-refractivity contribution in [2.45, 2.75) is 32.8 Å². The lowest BCUT2D eigenvalue weighted by Crippen LogP contribution is -2.35. The topological polar surface area (TPSA) is 84.5 Å². The maximum atomic E-state index is 13.0. The molecular weight excluding hydrogens is 380 g/mol. The van der Waals surface area contributed by atoms with Crippen LogP contribution in [-0.2, 0) is 14.3 Å². The minimum absolute atomic E-state index is 0.00818. The number of aryl methyl sites for hydroxylation is 2. The highest BCUT2D eigenvalue weighted by Gasteiger charge is 2.63. The van der Waals surface area contributed by atoms with Gasteiger partial charge in [-0.05, 0) is 74.1 Å². The van der Waals surface area contributed by atoms with Gasteiger partial charge in [-0.1, -0.05) is 12.1 Å². The van der Waals surface area contributed by atoms with Gasteiger partial charge in [0.2, 0.25) is 5.91 Å². The molecule has 6 heteroatoms. The zero-order valence-electron chi connectivity index (χ0n) is 17.0. The predicted molar refractivity (Wildman–Crippen MR) is 112 cm³/mol. The fourth-order valence-corrected chi connectivity index (χ4v) is 5.58. The number of nitrogens with one attached hydrogen (secondary N) is 2. The normalized spacial score (nSPS) is 28.3. The fraction of sp³-hybridized carbons (Fsp3) is 0.375. The molecule has 5 rings (SSSR count). The molecule has 0 unspecified atom stereocenters. The van der Waals surface area contributed by atoms with Crippen LogP contribution in [0.3, 0.4) is 0 Å². The Hall–Kier alpha value is -3.15. The average molecular weight is 404 g/mol. The van der Waals surface area contributed by atoms with Crippen molar-refractivity contribution in [3.63, 3.8) is 0 Å². The zero-order valence-corrected chi connectivity index (χ0v) is 17.0. The molecule has 2 N–H and O–H groups in total. The molecule has 2 amide bonds. The number of hydrogen-bond donors (Lipinski definition) is 2. The van der Waals surface area contributed by atoms with Gasteiger partial charge in [0.1, 0.15) is 6.10 Å². The van der Waals surface area contributed by atoms with Crippen molar-refractivity contribution >= 4 is 29.2 Å². The molecule has 3 aliphatic rings. The van der Waals surface area contributed by atoms with Crippen molar-refractivity contribution in [1.29, 1.82) is 0 Å². The van der Waals surface area contributed by atoms with Crippen molar-refractivity contribution in [3.05, 3.63) is 59.2 Å². The number of hydrogen-bond acceptors (Lipinski definition) is 4. The summed E-state index contributed by atoms with van der Waals surface area (Å²) in [4.78, 5) is 37.8. The first kappa shape index (κ1) is 18.9. The van der Waals surface area contributed by atoms with Gasteiger partial charge in [0.25, 0.3) is 5.91 Å². The van der Waals surface area contributed by atoms with E-state index in [0.717, 1.165) is 29.7 Å². The molecule has 2 bridgehead atoms. The van der Waals surface area contributed by atoms with Crippen LogP contribution in [0.4, 0.5) is 11.4 Å². The average Bonchev–Trinajstić information content (AvgIpc) is 3.30. The van der Waals surface area contributed by atoms with E-state index >= 15 is 0 Å². The number of rotatable bonds is 4. The van der Waals surface area contributed by atoms with Gasteiger partial charge in [0, 0.05) is 22.9 Å². The lowest BCUT2D eigenvalue weighted by Gasteiger charge is -2.23. The number of anilines is 2. The van der Waals surface area contributed by atoms with E-state index < -0.39 is 0 Å². The molecule has 154 valence electrons. The minimum Gasteiger partial charge on any atom is -0.462 e. The van der Waals surface area contributed by atoms with E-state index in [0.29, 0.717) is 11.3 Å². The number of fused-ring (bicyclic) bond motifs is 1. The summed E-state index contributed by atoms with van der Waals surface area (Å²) >= 11 is 0. The van der Waals surface area contributed by atoms with Crippen LogP contribution in [0.1, 0.15) is 34.3 Å². The molecule has 3 fully saturated rings. The van der Waals surface area contributed by atoms with Crippen LogP contribution in [0.5, 0.6) is 0 Å². The molecule has 2 aliphatic carbocycles. The van der Waals surface area contributed by atoms with Gasteiger partial charge in [-0.15, -0.1) is 0 Å². The van der Waals surface area contributed by atoms with Crippen molar-refractivity contribution in [1.82, 2.24) is 0 Å². The molecule has 2 aromatic carbocycles. The van der Waals surface area contributed by atoms with E-state index in [2.05, 4.69) is 10.6 Å². The van der Waals surface area contributed by atoms with Crippen LogP contribution in [0.25, 0.3) is 0 Å². The lowest BCUT2D eigenvalue weighted by molar-refractivity contribution is -0.145. The van der Waals surface area contributed by atoms with Gasteiger partial charge >= 0.3 is 5.97 Å². The Morgan fingerprint density at radius 2 is 1.73 bits per heavy atom. The molecule has 0 radical (unpaired) electrons. The first-order chi connectivity index (χ1) is 14.4. The standard InChI is InChI=1S/C24H24N2O4/c1-12-6-13(2)8-17(7-12)26-22(27)14-4-3-5-16(9-14)25-23(28)20-15-10-18-19(11-15)30-24(29)21(18)20/h3-9,15,18-21H,10-11H2,1-2H3,(H,25,28)(H,26,27)/t15-,18+,19-,20+,21+/m1/s1. The Labute approximate surface area is 175 Å². The molecule has 1 heterocycles. The third-order valence-electron chi connectivity index (χ3n) is 6.66. The summed E-state index contributed by atoms with van der Waals surface area (Å²) in [5.41, 5.74) is 3.90. The lowest BCUT2D eigenvalue weighted by atomic mass is 9.79. The van der Waals surface area contributed by atoms with Crippen molar-refractivity contribution in [2.24, 2.45) is 23.7 Å². The summed E-state index contributed by atoms with van der Waals surface area (Å²) in [6.07, 6.45) is 1.68. The van der Waals surface area contributed by atoms with Gasteiger partial charge in [-0.2, -0.15) is 0 Å². The molecule has 5 atom stereocenters. The number of carbonyl (C=O) groups excluding carboxylic acids is 3. The highest BCUT2D eigenvalue weighted by Crippen LogP contribution is 2.57. The highest BCUT2D eigenvalue weighted by molar-refractivity contribution is 6.05. The monoisotopic (exact) mass is 404 g/mol. The molecule has 1 saturated heterocycles. The number of carbonyl (C=O) groups is 3. The van der Waals surface area contributed by atoms with Gasteiger partial charge in [-0.25, -0.2) is 0 Å². The second-order valence-corrected chi connectivity index (χ2v) is 8.82. The molecule has 0 aromatic heterocycles. The molecule has 0 spiro atoms. The van der Waals surface area contributed by atoms with Crippen LogP contribution in [0, 0.1) is 37.5 Å². The van der Waals surface area contributed by atoms with E-state index in [4.69, 9.17) is 4.74 Å². The van der Waals surface area contributed by atoms with E-state index in [1.807, 2.05) is 32.0 Å². The van der Waals surface area contributed by atoms with Crippen LogP contribution in [0.2, 0.25) is 0 Å². The first-order valence-electron chi connectivity index (χ1n) is 10.4. The van der Waals surface area contributed by atoms with E-state index in [1.54, 1.807) is 24.3 Å². The van der Waals surface area contributed by atoms with Crippen LogP contribution in [0.15, 0.2) is 42.5 Å². The van der Waals surface area contributed by atoms with Gasteiger partial charge in [0.15, 0.2) is 0 Å².